The van der Waals surface area contributed by atoms with Gasteiger partial charge in [0.05, 0.1) is 5.69 Å². The Bertz CT molecular complexity index is 1080. The van der Waals surface area contributed by atoms with Gasteiger partial charge in [-0.15, -0.1) is 10.2 Å². The Hall–Kier alpha value is -2.30. The quantitative estimate of drug-likeness (QED) is 0.331. The van der Waals surface area contributed by atoms with Gasteiger partial charge in [-0.3, -0.25) is 10.1 Å². The Morgan fingerprint density at radius 3 is 2.55 bits per heavy atom. The van der Waals surface area contributed by atoms with Gasteiger partial charge in [-0.05, 0) is 46.1 Å². The number of para-hydroxylation sites is 1. The van der Waals surface area contributed by atoms with Crippen LogP contribution in [-0.2, 0) is 4.79 Å². The lowest BCUT2D eigenvalue weighted by atomic mass is 9.98. The van der Waals surface area contributed by atoms with Crippen molar-refractivity contribution in [3.63, 3.8) is 0 Å². The van der Waals surface area contributed by atoms with Crippen molar-refractivity contribution in [2.45, 2.75) is 26.3 Å². The van der Waals surface area contributed by atoms with Gasteiger partial charge in [0.2, 0.25) is 11.0 Å². The molecule has 0 aliphatic carbocycles. The van der Waals surface area contributed by atoms with Gasteiger partial charge < -0.3 is 10.6 Å². The summed E-state index contributed by atoms with van der Waals surface area (Å²) in [7, 11) is 0. The van der Waals surface area contributed by atoms with Crippen molar-refractivity contribution in [3.05, 3.63) is 57.5 Å². The molecule has 0 spiro atoms. The number of anilines is 2. The first-order valence-electron chi connectivity index (χ1n) is 9.59. The third-order valence-corrected chi connectivity index (χ3v) is 6.70. The normalized spacial score (nSPS) is 12.6. The molecule has 0 unspecified atom stereocenters. The van der Waals surface area contributed by atoms with Crippen LogP contribution >= 0.6 is 43.2 Å². The number of hydrogen-bond donors (Lipinski definition) is 3. The largest absolute Gasteiger partial charge is 0.326 e. The van der Waals surface area contributed by atoms with E-state index < -0.39 is 12.1 Å². The standard InChI is InChI=1S/C21H21Br2N5O2S/c1-3-12(2)17(25-20(30)24-16-10-5-4-9-15(16)23)18(29)26-21-28-27-19(31-21)13-7-6-8-14(22)11-13/h4-12,17H,3H2,1-2H3,(H2,24,25,30)(H,26,28,29)/t12-,17+/m0/s1. The van der Waals surface area contributed by atoms with E-state index >= 15 is 0 Å². The van der Waals surface area contributed by atoms with Gasteiger partial charge in [-0.2, -0.15) is 0 Å². The summed E-state index contributed by atoms with van der Waals surface area (Å²) < 4.78 is 1.69. The number of rotatable bonds is 7. The van der Waals surface area contributed by atoms with E-state index in [0.29, 0.717) is 22.2 Å². The van der Waals surface area contributed by atoms with Crippen molar-refractivity contribution >= 4 is 66.0 Å². The Balaban J connectivity index is 1.69. The Kier molecular flexibility index (Phi) is 8.16. The summed E-state index contributed by atoms with van der Waals surface area (Å²) in [4.78, 5) is 25.5. The summed E-state index contributed by atoms with van der Waals surface area (Å²) in [5, 5.41) is 17.6. The van der Waals surface area contributed by atoms with Crippen LogP contribution in [0.25, 0.3) is 10.6 Å². The summed E-state index contributed by atoms with van der Waals surface area (Å²) in [6.07, 6.45) is 0.715. The molecule has 0 saturated carbocycles. The van der Waals surface area contributed by atoms with Gasteiger partial charge in [0.1, 0.15) is 11.0 Å². The van der Waals surface area contributed by atoms with E-state index in [1.54, 1.807) is 6.07 Å². The molecule has 3 aromatic rings. The SMILES string of the molecule is CC[C@H](C)[C@@H](NC(=O)Nc1ccccc1Br)C(=O)Nc1nnc(-c2cccc(Br)c2)s1. The van der Waals surface area contributed by atoms with Gasteiger partial charge in [0.15, 0.2) is 0 Å². The summed E-state index contributed by atoms with van der Waals surface area (Å²) in [5.41, 5.74) is 1.52. The average Bonchev–Trinajstić information content (AvgIpc) is 3.21. The number of hydrogen-bond acceptors (Lipinski definition) is 5. The van der Waals surface area contributed by atoms with E-state index in [9.17, 15) is 9.59 Å². The molecule has 3 rings (SSSR count). The van der Waals surface area contributed by atoms with E-state index in [-0.39, 0.29) is 11.8 Å². The smallest absolute Gasteiger partial charge is 0.319 e. The second kappa shape index (κ2) is 10.8. The minimum Gasteiger partial charge on any atom is -0.326 e. The molecular weight excluding hydrogens is 546 g/mol. The van der Waals surface area contributed by atoms with Gasteiger partial charge in [0, 0.05) is 14.5 Å². The molecule has 3 N–H and O–H groups in total. The molecule has 2 atom stereocenters. The summed E-state index contributed by atoms with van der Waals surface area (Å²) in [6.45, 7) is 3.88. The fraction of sp³-hybridized carbons (Fsp3) is 0.238. The zero-order chi connectivity index (χ0) is 22.4. The van der Waals surface area contributed by atoms with E-state index in [0.717, 1.165) is 14.5 Å². The highest BCUT2D eigenvalue weighted by atomic mass is 79.9. The minimum absolute atomic E-state index is 0.0811. The van der Waals surface area contributed by atoms with Crippen molar-refractivity contribution in [3.8, 4) is 10.6 Å². The molecule has 162 valence electrons. The molecule has 7 nitrogen and oxygen atoms in total. The number of halogens is 2. The molecule has 0 aliphatic rings. The molecule has 0 saturated heterocycles. The molecule has 0 bridgehead atoms. The Labute approximate surface area is 201 Å². The van der Waals surface area contributed by atoms with Crippen LogP contribution in [0.3, 0.4) is 0 Å². The number of nitrogens with zero attached hydrogens (tertiary/aromatic N) is 2. The maximum absolute atomic E-state index is 12.9. The fourth-order valence-electron chi connectivity index (χ4n) is 2.76. The van der Waals surface area contributed by atoms with Crippen LogP contribution in [0.5, 0.6) is 0 Å². The first-order chi connectivity index (χ1) is 14.9. The highest BCUT2D eigenvalue weighted by Gasteiger charge is 2.27. The summed E-state index contributed by atoms with van der Waals surface area (Å²) in [6, 6.07) is 13.8. The molecule has 0 fully saturated rings. The molecule has 31 heavy (non-hydrogen) atoms. The van der Waals surface area contributed by atoms with Crippen LogP contribution in [0, 0.1) is 5.92 Å². The first kappa shape index (κ1) is 23.4. The lowest BCUT2D eigenvalue weighted by molar-refractivity contribution is -0.119. The van der Waals surface area contributed by atoms with Crippen LogP contribution in [0.2, 0.25) is 0 Å². The highest BCUT2D eigenvalue weighted by molar-refractivity contribution is 9.10. The number of benzene rings is 2. The number of urea groups is 1. The zero-order valence-electron chi connectivity index (χ0n) is 16.9. The lowest BCUT2D eigenvalue weighted by Gasteiger charge is -2.23. The van der Waals surface area contributed by atoms with Crippen LogP contribution in [0.1, 0.15) is 20.3 Å². The number of nitrogens with one attached hydrogen (secondary N) is 3. The second-order valence-corrected chi connectivity index (χ2v) is 9.60. The van der Waals surface area contributed by atoms with Gasteiger partial charge in [0.25, 0.3) is 0 Å². The number of aromatic nitrogens is 2. The van der Waals surface area contributed by atoms with Crippen LogP contribution in [0.15, 0.2) is 57.5 Å². The fourth-order valence-corrected chi connectivity index (χ4v) is 4.29. The maximum atomic E-state index is 12.9. The zero-order valence-corrected chi connectivity index (χ0v) is 20.8. The average molecular weight is 567 g/mol. The van der Waals surface area contributed by atoms with Crippen molar-refractivity contribution in [1.82, 2.24) is 15.5 Å². The minimum atomic E-state index is -0.731. The van der Waals surface area contributed by atoms with E-state index in [2.05, 4.69) is 58.0 Å². The molecule has 1 heterocycles. The second-order valence-electron chi connectivity index (χ2n) is 6.85. The topological polar surface area (TPSA) is 96.0 Å². The molecule has 2 aromatic carbocycles. The summed E-state index contributed by atoms with van der Waals surface area (Å²) in [5.74, 6) is -0.420. The van der Waals surface area contributed by atoms with E-state index in [1.165, 1.54) is 11.3 Å². The van der Waals surface area contributed by atoms with E-state index in [1.807, 2.05) is 56.3 Å². The molecule has 1 aromatic heterocycles. The Morgan fingerprint density at radius 2 is 1.84 bits per heavy atom. The molecule has 0 radical (unpaired) electrons. The lowest BCUT2D eigenvalue weighted by Crippen LogP contribution is -2.49. The van der Waals surface area contributed by atoms with E-state index in [4.69, 9.17) is 0 Å². The van der Waals surface area contributed by atoms with Gasteiger partial charge >= 0.3 is 6.03 Å². The van der Waals surface area contributed by atoms with Crippen LogP contribution in [0.4, 0.5) is 15.6 Å². The number of amides is 3. The van der Waals surface area contributed by atoms with Crippen molar-refractivity contribution < 1.29 is 9.59 Å². The molecule has 10 heteroatoms. The van der Waals surface area contributed by atoms with Crippen LogP contribution < -0.4 is 16.0 Å². The number of carbonyl (C=O) groups excluding carboxylic acids is 2. The monoisotopic (exact) mass is 565 g/mol. The molecule has 3 amide bonds. The number of carbonyl (C=O) groups is 2. The highest BCUT2D eigenvalue weighted by Crippen LogP contribution is 2.28. The van der Waals surface area contributed by atoms with Gasteiger partial charge in [-0.25, -0.2) is 4.79 Å². The molecular formula is C21H21Br2N5O2S. The Morgan fingerprint density at radius 1 is 1.06 bits per heavy atom. The summed E-state index contributed by atoms with van der Waals surface area (Å²) >= 11 is 8.11. The third kappa shape index (κ3) is 6.34. The molecule has 0 aliphatic heterocycles. The maximum Gasteiger partial charge on any atom is 0.319 e. The van der Waals surface area contributed by atoms with Gasteiger partial charge in [-0.1, -0.05) is 71.8 Å². The first-order valence-corrected chi connectivity index (χ1v) is 12.0. The van der Waals surface area contributed by atoms with Crippen molar-refractivity contribution in [2.24, 2.45) is 5.92 Å². The predicted molar refractivity (Wildman–Crippen MR) is 131 cm³/mol. The predicted octanol–water partition coefficient (Wildman–Crippen LogP) is 5.91. The van der Waals surface area contributed by atoms with Crippen LogP contribution in [-0.4, -0.2) is 28.2 Å². The van der Waals surface area contributed by atoms with Crippen molar-refractivity contribution in [2.75, 3.05) is 10.6 Å². The van der Waals surface area contributed by atoms with Crippen molar-refractivity contribution in [1.29, 1.82) is 0 Å². The third-order valence-electron chi connectivity index (χ3n) is 4.63.